The van der Waals surface area contributed by atoms with E-state index < -0.39 is 5.97 Å². The number of carbonyl (C=O) groups excluding carboxylic acids is 1. The molecule has 0 radical (unpaired) electrons. The molecule has 0 aromatic heterocycles. The van der Waals surface area contributed by atoms with Crippen LogP contribution >= 0.6 is 0 Å². The van der Waals surface area contributed by atoms with Crippen molar-refractivity contribution in [3.63, 3.8) is 0 Å². The van der Waals surface area contributed by atoms with E-state index >= 15 is 0 Å². The Bertz CT molecular complexity index is 519. The zero-order valence-electron chi connectivity index (χ0n) is 13.1. The highest BCUT2D eigenvalue weighted by molar-refractivity contribution is 5.75. The highest BCUT2D eigenvalue weighted by Gasteiger charge is 2.10. The van der Waals surface area contributed by atoms with Gasteiger partial charge in [0.2, 0.25) is 0 Å². The first-order valence-electron chi connectivity index (χ1n) is 6.89. The van der Waals surface area contributed by atoms with Gasteiger partial charge in [-0.2, -0.15) is 0 Å². The number of methoxy groups -OCH3 is 2. The van der Waals surface area contributed by atoms with E-state index in [2.05, 4.69) is 5.32 Å². The number of carboxylic acids is 1. The van der Waals surface area contributed by atoms with Crippen molar-refractivity contribution in [2.75, 3.05) is 34.4 Å². The molecule has 0 atom stereocenters. The van der Waals surface area contributed by atoms with Gasteiger partial charge in [-0.05, 0) is 24.1 Å². The number of nitrogens with one attached hydrogen (secondary N) is 1. The molecular formula is C15H22N2O5. The molecule has 1 aromatic carbocycles. The van der Waals surface area contributed by atoms with E-state index in [1.165, 1.54) is 4.90 Å². The molecule has 2 amide bonds. The summed E-state index contributed by atoms with van der Waals surface area (Å²) in [5.41, 5.74) is 1.01. The molecule has 0 aliphatic rings. The molecule has 22 heavy (non-hydrogen) atoms. The Balaban J connectivity index is 2.43. The number of hydrogen-bond acceptors (Lipinski definition) is 4. The van der Waals surface area contributed by atoms with Crippen molar-refractivity contribution in [3.8, 4) is 11.5 Å². The van der Waals surface area contributed by atoms with Gasteiger partial charge in [0, 0.05) is 20.1 Å². The molecule has 2 N–H and O–H groups in total. The third kappa shape index (κ3) is 5.51. The molecule has 1 aromatic rings. The summed E-state index contributed by atoms with van der Waals surface area (Å²) >= 11 is 0. The predicted molar refractivity (Wildman–Crippen MR) is 81.5 cm³/mol. The Kier molecular flexibility index (Phi) is 7.01. The van der Waals surface area contributed by atoms with Crippen molar-refractivity contribution in [1.29, 1.82) is 0 Å². The van der Waals surface area contributed by atoms with E-state index in [-0.39, 0.29) is 19.0 Å². The SMILES string of the molecule is COc1ccc(CCNC(=O)N(C)CCC(=O)O)cc1OC. The fourth-order valence-electron chi connectivity index (χ4n) is 1.85. The van der Waals surface area contributed by atoms with Gasteiger partial charge < -0.3 is 24.8 Å². The fraction of sp³-hybridized carbons (Fsp3) is 0.467. The Labute approximate surface area is 129 Å². The van der Waals surface area contributed by atoms with Gasteiger partial charge in [-0.15, -0.1) is 0 Å². The van der Waals surface area contributed by atoms with Crippen LogP contribution in [-0.4, -0.2) is 56.4 Å². The Morgan fingerprint density at radius 2 is 1.91 bits per heavy atom. The third-order valence-electron chi connectivity index (χ3n) is 3.15. The lowest BCUT2D eigenvalue weighted by Gasteiger charge is -2.17. The number of rotatable bonds is 8. The number of ether oxygens (including phenoxy) is 2. The van der Waals surface area contributed by atoms with Gasteiger partial charge in [-0.3, -0.25) is 4.79 Å². The largest absolute Gasteiger partial charge is 0.493 e. The van der Waals surface area contributed by atoms with Gasteiger partial charge in [0.1, 0.15) is 0 Å². The molecule has 0 unspecified atom stereocenters. The van der Waals surface area contributed by atoms with Crippen LogP contribution in [0.4, 0.5) is 4.79 Å². The van der Waals surface area contributed by atoms with Crippen molar-refractivity contribution in [3.05, 3.63) is 23.8 Å². The lowest BCUT2D eigenvalue weighted by atomic mass is 10.1. The lowest BCUT2D eigenvalue weighted by Crippen LogP contribution is -2.39. The van der Waals surface area contributed by atoms with Crippen LogP contribution in [0.1, 0.15) is 12.0 Å². The number of urea groups is 1. The van der Waals surface area contributed by atoms with Crippen LogP contribution in [0.2, 0.25) is 0 Å². The highest BCUT2D eigenvalue weighted by atomic mass is 16.5. The van der Waals surface area contributed by atoms with E-state index in [4.69, 9.17) is 14.6 Å². The summed E-state index contributed by atoms with van der Waals surface area (Å²) in [6.45, 7) is 0.628. The Morgan fingerprint density at radius 3 is 2.50 bits per heavy atom. The monoisotopic (exact) mass is 310 g/mol. The number of hydrogen-bond donors (Lipinski definition) is 2. The minimum atomic E-state index is -0.926. The first-order chi connectivity index (χ1) is 10.5. The van der Waals surface area contributed by atoms with Crippen LogP contribution in [0.5, 0.6) is 11.5 Å². The predicted octanol–water partition coefficient (Wildman–Crippen LogP) is 1.36. The molecule has 0 saturated carbocycles. The number of nitrogens with zero attached hydrogens (tertiary/aromatic N) is 1. The molecule has 0 aliphatic carbocycles. The quantitative estimate of drug-likeness (QED) is 0.757. The summed E-state index contributed by atoms with van der Waals surface area (Å²) in [7, 11) is 4.71. The number of aliphatic carboxylic acids is 1. The summed E-state index contributed by atoms with van der Waals surface area (Å²) < 4.78 is 10.4. The fourth-order valence-corrected chi connectivity index (χ4v) is 1.85. The average Bonchev–Trinajstić information content (AvgIpc) is 2.52. The van der Waals surface area contributed by atoms with Crippen molar-refractivity contribution in [2.45, 2.75) is 12.8 Å². The van der Waals surface area contributed by atoms with Crippen LogP contribution < -0.4 is 14.8 Å². The maximum absolute atomic E-state index is 11.7. The Morgan fingerprint density at radius 1 is 1.23 bits per heavy atom. The summed E-state index contributed by atoms with van der Waals surface area (Å²) in [5.74, 6) is 0.374. The molecule has 0 fully saturated rings. The summed E-state index contributed by atoms with van der Waals surface area (Å²) in [6.07, 6.45) is 0.568. The van der Waals surface area contributed by atoms with Crippen LogP contribution in [0.15, 0.2) is 18.2 Å². The first kappa shape index (κ1) is 17.6. The third-order valence-corrected chi connectivity index (χ3v) is 3.15. The molecule has 0 spiro atoms. The molecule has 7 heteroatoms. The van der Waals surface area contributed by atoms with E-state index in [9.17, 15) is 9.59 Å². The molecule has 1 rings (SSSR count). The lowest BCUT2D eigenvalue weighted by molar-refractivity contribution is -0.137. The minimum Gasteiger partial charge on any atom is -0.493 e. The summed E-state index contributed by atoms with van der Waals surface area (Å²) in [4.78, 5) is 23.6. The molecule has 0 bridgehead atoms. The number of amides is 2. The van der Waals surface area contributed by atoms with E-state index in [1.807, 2.05) is 18.2 Å². The van der Waals surface area contributed by atoms with E-state index in [0.717, 1.165) is 5.56 Å². The minimum absolute atomic E-state index is 0.0698. The second kappa shape index (κ2) is 8.76. The molecule has 122 valence electrons. The highest BCUT2D eigenvalue weighted by Crippen LogP contribution is 2.27. The normalized spacial score (nSPS) is 9.95. The van der Waals surface area contributed by atoms with Gasteiger partial charge >= 0.3 is 12.0 Å². The Hall–Kier alpha value is -2.44. The number of carboxylic acid groups (broad SMARTS) is 1. The van der Waals surface area contributed by atoms with E-state index in [1.54, 1.807) is 21.3 Å². The zero-order chi connectivity index (χ0) is 16.5. The van der Waals surface area contributed by atoms with Crippen molar-refractivity contribution in [2.24, 2.45) is 0 Å². The number of benzene rings is 1. The molecule has 0 heterocycles. The molecule has 0 saturated heterocycles. The maximum atomic E-state index is 11.7. The smallest absolute Gasteiger partial charge is 0.317 e. The second-order valence-electron chi connectivity index (χ2n) is 4.74. The second-order valence-corrected chi connectivity index (χ2v) is 4.74. The van der Waals surface area contributed by atoms with Crippen LogP contribution in [0, 0.1) is 0 Å². The van der Waals surface area contributed by atoms with Gasteiger partial charge in [-0.1, -0.05) is 6.07 Å². The number of carbonyl (C=O) groups is 2. The van der Waals surface area contributed by atoms with Crippen molar-refractivity contribution in [1.82, 2.24) is 10.2 Å². The molecule has 7 nitrogen and oxygen atoms in total. The van der Waals surface area contributed by atoms with Crippen LogP contribution in [0.25, 0.3) is 0 Å². The zero-order valence-corrected chi connectivity index (χ0v) is 13.1. The van der Waals surface area contributed by atoms with Crippen LogP contribution in [0.3, 0.4) is 0 Å². The summed E-state index contributed by atoms with van der Waals surface area (Å²) in [6, 6.07) is 5.29. The maximum Gasteiger partial charge on any atom is 0.317 e. The van der Waals surface area contributed by atoms with Gasteiger partial charge in [0.05, 0.1) is 20.6 Å². The first-order valence-corrected chi connectivity index (χ1v) is 6.89. The van der Waals surface area contributed by atoms with Gasteiger partial charge in [0.15, 0.2) is 11.5 Å². The van der Waals surface area contributed by atoms with Gasteiger partial charge in [0.25, 0.3) is 0 Å². The van der Waals surface area contributed by atoms with Crippen molar-refractivity contribution < 1.29 is 24.2 Å². The van der Waals surface area contributed by atoms with Crippen molar-refractivity contribution >= 4 is 12.0 Å². The average molecular weight is 310 g/mol. The molecule has 0 aliphatic heterocycles. The van der Waals surface area contributed by atoms with Crippen LogP contribution in [-0.2, 0) is 11.2 Å². The summed E-state index contributed by atoms with van der Waals surface area (Å²) in [5, 5.41) is 11.3. The topological polar surface area (TPSA) is 88.1 Å². The van der Waals surface area contributed by atoms with Gasteiger partial charge in [-0.25, -0.2) is 4.79 Å². The van der Waals surface area contributed by atoms with E-state index in [0.29, 0.717) is 24.5 Å². The standard InChI is InChI=1S/C15H22N2O5/c1-17(9-7-14(18)19)15(20)16-8-6-11-4-5-12(21-2)13(10-11)22-3/h4-5,10H,6-9H2,1-3H3,(H,16,20)(H,18,19). The molecular weight excluding hydrogens is 288 g/mol.